The Hall–Kier alpha value is -0.370. The van der Waals surface area contributed by atoms with E-state index in [-0.39, 0.29) is 12.5 Å². The number of aliphatic hydroxyl groups is 1. The zero-order chi connectivity index (χ0) is 8.27. The zero-order valence-electron chi connectivity index (χ0n) is 7.05. The number of hydrogen-bond donors (Lipinski definition) is 1. The average Bonchev–Trinajstić information content (AvgIpc) is 1.98. The van der Waals surface area contributed by atoms with Gasteiger partial charge in [-0.1, -0.05) is 6.92 Å². The van der Waals surface area contributed by atoms with Crippen molar-refractivity contribution in [3.05, 3.63) is 0 Å². The molecule has 0 saturated heterocycles. The molecular weight excluding hydrogens is 140 g/mol. The Labute approximate surface area is 67.6 Å². The van der Waals surface area contributed by atoms with Crippen molar-refractivity contribution in [2.75, 3.05) is 6.61 Å². The molecule has 0 aliphatic heterocycles. The van der Waals surface area contributed by atoms with Gasteiger partial charge in [0.25, 0.3) is 0 Å². The second kappa shape index (κ2) is 3.86. The van der Waals surface area contributed by atoms with Crippen molar-refractivity contribution < 1.29 is 9.90 Å². The van der Waals surface area contributed by atoms with E-state index >= 15 is 0 Å². The van der Waals surface area contributed by atoms with Crippen molar-refractivity contribution in [3.63, 3.8) is 0 Å². The third kappa shape index (κ3) is 2.29. The van der Waals surface area contributed by atoms with E-state index in [2.05, 4.69) is 6.92 Å². The summed E-state index contributed by atoms with van der Waals surface area (Å²) in [7, 11) is 0. The van der Waals surface area contributed by atoms with Gasteiger partial charge >= 0.3 is 0 Å². The second-order valence-corrected chi connectivity index (χ2v) is 3.56. The Morgan fingerprint density at radius 2 is 2.36 bits per heavy atom. The molecule has 1 rings (SSSR count). The highest BCUT2D eigenvalue weighted by Gasteiger charge is 2.25. The standard InChI is InChI=1S/C9H16O2/c1-7-2-3-9(11)8(6-7)4-5-10/h7-8,10H,2-6H2,1H3. The van der Waals surface area contributed by atoms with Crippen LogP contribution in [0.5, 0.6) is 0 Å². The fourth-order valence-electron chi connectivity index (χ4n) is 1.76. The number of Topliss-reactive ketones (excluding diaryl/α,β-unsaturated/α-hetero) is 1. The molecule has 0 aromatic carbocycles. The molecule has 64 valence electrons. The van der Waals surface area contributed by atoms with Crippen molar-refractivity contribution in [2.24, 2.45) is 11.8 Å². The first kappa shape index (κ1) is 8.72. The quantitative estimate of drug-likeness (QED) is 0.655. The highest BCUT2D eigenvalue weighted by Crippen LogP contribution is 2.27. The van der Waals surface area contributed by atoms with Gasteiger partial charge in [0.15, 0.2) is 0 Å². The van der Waals surface area contributed by atoms with Crippen molar-refractivity contribution >= 4 is 5.78 Å². The summed E-state index contributed by atoms with van der Waals surface area (Å²) in [4.78, 5) is 11.2. The monoisotopic (exact) mass is 156 g/mol. The normalized spacial score (nSPS) is 32.4. The van der Waals surface area contributed by atoms with E-state index in [1.807, 2.05) is 0 Å². The zero-order valence-corrected chi connectivity index (χ0v) is 7.05. The van der Waals surface area contributed by atoms with Gasteiger partial charge in [0.2, 0.25) is 0 Å². The first-order chi connectivity index (χ1) is 5.24. The molecule has 1 N–H and O–H groups in total. The van der Waals surface area contributed by atoms with Crippen molar-refractivity contribution in [3.8, 4) is 0 Å². The molecule has 0 amide bonds. The number of rotatable bonds is 2. The fraction of sp³-hybridized carbons (Fsp3) is 0.889. The molecule has 2 unspecified atom stereocenters. The lowest BCUT2D eigenvalue weighted by Crippen LogP contribution is -2.24. The Bertz CT molecular complexity index is 142. The SMILES string of the molecule is CC1CCC(=O)C(CCO)C1. The molecule has 0 aromatic heterocycles. The summed E-state index contributed by atoms with van der Waals surface area (Å²) >= 11 is 0. The van der Waals surface area contributed by atoms with E-state index in [4.69, 9.17) is 5.11 Å². The summed E-state index contributed by atoms with van der Waals surface area (Å²) in [5.41, 5.74) is 0. The van der Waals surface area contributed by atoms with Crippen LogP contribution in [0.3, 0.4) is 0 Å². The lowest BCUT2D eigenvalue weighted by Gasteiger charge is -2.24. The van der Waals surface area contributed by atoms with Crippen LogP contribution < -0.4 is 0 Å². The van der Waals surface area contributed by atoms with Crippen molar-refractivity contribution in [1.29, 1.82) is 0 Å². The lowest BCUT2D eigenvalue weighted by molar-refractivity contribution is -0.126. The summed E-state index contributed by atoms with van der Waals surface area (Å²) in [5.74, 6) is 1.19. The molecule has 0 spiro atoms. The summed E-state index contributed by atoms with van der Waals surface area (Å²) < 4.78 is 0. The van der Waals surface area contributed by atoms with Gasteiger partial charge < -0.3 is 5.11 Å². The number of hydrogen-bond acceptors (Lipinski definition) is 2. The molecule has 1 aliphatic rings. The molecule has 0 heterocycles. The van der Waals surface area contributed by atoms with Crippen LogP contribution in [0.4, 0.5) is 0 Å². The molecule has 2 nitrogen and oxygen atoms in total. The molecule has 1 aliphatic carbocycles. The Morgan fingerprint density at radius 3 is 3.00 bits per heavy atom. The van der Waals surface area contributed by atoms with Gasteiger partial charge in [-0.05, 0) is 25.2 Å². The highest BCUT2D eigenvalue weighted by molar-refractivity contribution is 5.81. The van der Waals surface area contributed by atoms with E-state index in [0.717, 1.165) is 19.3 Å². The maximum Gasteiger partial charge on any atom is 0.136 e. The first-order valence-electron chi connectivity index (χ1n) is 4.37. The van der Waals surface area contributed by atoms with Crippen molar-refractivity contribution in [2.45, 2.75) is 32.6 Å². The third-order valence-electron chi connectivity index (χ3n) is 2.50. The van der Waals surface area contributed by atoms with Crippen LogP contribution in [0.2, 0.25) is 0 Å². The van der Waals surface area contributed by atoms with Gasteiger partial charge in [-0.15, -0.1) is 0 Å². The largest absolute Gasteiger partial charge is 0.396 e. The second-order valence-electron chi connectivity index (χ2n) is 3.56. The number of aliphatic hydroxyl groups excluding tert-OH is 1. The van der Waals surface area contributed by atoms with Gasteiger partial charge in [-0.2, -0.15) is 0 Å². The summed E-state index contributed by atoms with van der Waals surface area (Å²) in [6.45, 7) is 2.33. The Morgan fingerprint density at radius 1 is 1.64 bits per heavy atom. The summed E-state index contributed by atoms with van der Waals surface area (Å²) in [5, 5.41) is 8.67. The maximum atomic E-state index is 11.2. The maximum absolute atomic E-state index is 11.2. The third-order valence-corrected chi connectivity index (χ3v) is 2.50. The number of carbonyl (C=O) groups is 1. The van der Waals surface area contributed by atoms with Gasteiger partial charge in [-0.25, -0.2) is 0 Å². The van der Waals surface area contributed by atoms with Crippen LogP contribution in [-0.4, -0.2) is 17.5 Å². The smallest absolute Gasteiger partial charge is 0.136 e. The van der Waals surface area contributed by atoms with Crippen LogP contribution in [0.1, 0.15) is 32.6 Å². The van der Waals surface area contributed by atoms with Gasteiger partial charge in [0.05, 0.1) is 0 Å². The van der Waals surface area contributed by atoms with Crippen LogP contribution in [0.25, 0.3) is 0 Å². The highest BCUT2D eigenvalue weighted by atomic mass is 16.3. The molecule has 1 fully saturated rings. The van der Waals surface area contributed by atoms with E-state index < -0.39 is 0 Å². The predicted molar refractivity (Wildman–Crippen MR) is 43.2 cm³/mol. The van der Waals surface area contributed by atoms with Crippen LogP contribution in [0, 0.1) is 11.8 Å². The van der Waals surface area contributed by atoms with Gasteiger partial charge in [0.1, 0.15) is 5.78 Å². The minimum absolute atomic E-state index is 0.156. The minimum atomic E-state index is 0.156. The van der Waals surface area contributed by atoms with E-state index in [9.17, 15) is 4.79 Å². The van der Waals surface area contributed by atoms with E-state index in [0.29, 0.717) is 18.1 Å². The molecule has 0 bridgehead atoms. The topological polar surface area (TPSA) is 37.3 Å². The molecule has 0 radical (unpaired) electrons. The molecule has 1 saturated carbocycles. The Balaban J connectivity index is 2.40. The van der Waals surface area contributed by atoms with Crippen molar-refractivity contribution in [1.82, 2.24) is 0 Å². The summed E-state index contributed by atoms with van der Waals surface area (Å²) in [6, 6.07) is 0. The molecule has 11 heavy (non-hydrogen) atoms. The van der Waals surface area contributed by atoms with Gasteiger partial charge in [-0.3, -0.25) is 4.79 Å². The number of carbonyl (C=O) groups excluding carboxylic acids is 1. The first-order valence-corrected chi connectivity index (χ1v) is 4.37. The van der Waals surface area contributed by atoms with Crippen LogP contribution in [-0.2, 0) is 4.79 Å². The Kier molecular flexibility index (Phi) is 3.06. The van der Waals surface area contributed by atoms with Crippen LogP contribution in [0.15, 0.2) is 0 Å². The predicted octanol–water partition coefficient (Wildman–Crippen LogP) is 1.37. The molecule has 2 atom stereocenters. The summed E-state index contributed by atoms with van der Waals surface area (Å²) in [6.07, 6.45) is 3.43. The van der Waals surface area contributed by atoms with E-state index in [1.165, 1.54) is 0 Å². The van der Waals surface area contributed by atoms with Crippen LogP contribution >= 0.6 is 0 Å². The number of ketones is 1. The minimum Gasteiger partial charge on any atom is -0.396 e. The molecular formula is C9H16O2. The average molecular weight is 156 g/mol. The molecule has 2 heteroatoms. The van der Waals surface area contributed by atoms with Gasteiger partial charge in [0, 0.05) is 18.9 Å². The van der Waals surface area contributed by atoms with E-state index in [1.54, 1.807) is 0 Å². The fourth-order valence-corrected chi connectivity index (χ4v) is 1.76. The molecule has 0 aromatic rings. The lowest BCUT2D eigenvalue weighted by atomic mass is 9.80.